The number of ether oxygens (including phenoxy) is 1. The van der Waals surface area contributed by atoms with Crippen molar-refractivity contribution in [3.63, 3.8) is 0 Å². The lowest BCUT2D eigenvalue weighted by Gasteiger charge is -2.30. The van der Waals surface area contributed by atoms with Gasteiger partial charge in [0.05, 0.1) is 5.75 Å². The van der Waals surface area contributed by atoms with Gasteiger partial charge in [0, 0.05) is 25.8 Å². The minimum Gasteiger partial charge on any atom is -0.385 e. The zero-order valence-electron chi connectivity index (χ0n) is 10.4. The van der Waals surface area contributed by atoms with Crippen LogP contribution in [0.2, 0.25) is 0 Å². The summed E-state index contributed by atoms with van der Waals surface area (Å²) >= 11 is 0. The van der Waals surface area contributed by atoms with Crippen molar-refractivity contribution in [1.29, 1.82) is 0 Å². The Balaban J connectivity index is 0.00000256. The summed E-state index contributed by atoms with van der Waals surface area (Å²) in [7, 11) is -1.58. The molecule has 0 spiro atoms. The fourth-order valence-corrected chi connectivity index (χ4v) is 3.29. The van der Waals surface area contributed by atoms with Gasteiger partial charge in [0.2, 0.25) is 10.0 Å². The molecule has 7 heteroatoms. The third-order valence-corrected chi connectivity index (χ3v) is 4.34. The van der Waals surface area contributed by atoms with Gasteiger partial charge in [0.15, 0.2) is 0 Å². The summed E-state index contributed by atoms with van der Waals surface area (Å²) in [4.78, 5) is 0. The zero-order chi connectivity index (χ0) is 12.0. The molecule has 0 bridgehead atoms. The van der Waals surface area contributed by atoms with Crippen LogP contribution in [0.3, 0.4) is 0 Å². The van der Waals surface area contributed by atoms with Gasteiger partial charge in [0.25, 0.3) is 0 Å². The molecule has 17 heavy (non-hydrogen) atoms. The second-order valence-electron chi connectivity index (χ2n) is 4.27. The maximum atomic E-state index is 11.7. The molecule has 5 nitrogen and oxygen atoms in total. The van der Waals surface area contributed by atoms with Crippen LogP contribution >= 0.6 is 12.4 Å². The first kappa shape index (κ1) is 17.1. The highest BCUT2D eigenvalue weighted by atomic mass is 35.5. The average molecular weight is 287 g/mol. The molecule has 2 unspecified atom stereocenters. The summed E-state index contributed by atoms with van der Waals surface area (Å²) in [6.45, 7) is 3.48. The predicted molar refractivity (Wildman–Crippen MR) is 71.2 cm³/mol. The van der Waals surface area contributed by atoms with Crippen LogP contribution in [0.1, 0.15) is 26.2 Å². The number of rotatable bonds is 6. The molecule has 0 radical (unpaired) electrons. The van der Waals surface area contributed by atoms with E-state index in [1.54, 1.807) is 7.11 Å². The molecule has 0 aromatic carbocycles. The maximum Gasteiger partial charge on any atom is 0.211 e. The highest BCUT2D eigenvalue weighted by Crippen LogP contribution is 2.09. The topological polar surface area (TPSA) is 67.4 Å². The molecule has 2 N–H and O–H groups in total. The van der Waals surface area contributed by atoms with E-state index >= 15 is 0 Å². The summed E-state index contributed by atoms with van der Waals surface area (Å²) in [5.74, 6) is 0.143. The van der Waals surface area contributed by atoms with E-state index in [0.717, 1.165) is 19.4 Å². The fraction of sp³-hybridized carbons (Fsp3) is 1.00. The van der Waals surface area contributed by atoms with Crippen molar-refractivity contribution in [2.45, 2.75) is 38.3 Å². The van der Waals surface area contributed by atoms with Crippen LogP contribution in [0.15, 0.2) is 0 Å². The molecule has 1 aliphatic heterocycles. The highest BCUT2D eigenvalue weighted by molar-refractivity contribution is 7.89. The van der Waals surface area contributed by atoms with Gasteiger partial charge in [-0.3, -0.25) is 0 Å². The van der Waals surface area contributed by atoms with Crippen LogP contribution in [0.4, 0.5) is 0 Å². The second-order valence-corrected chi connectivity index (χ2v) is 6.15. The number of halogens is 1. The van der Waals surface area contributed by atoms with Crippen LogP contribution in [-0.4, -0.2) is 46.5 Å². The summed E-state index contributed by atoms with van der Waals surface area (Å²) in [6.07, 6.45) is 2.48. The minimum absolute atomic E-state index is 0. The maximum absolute atomic E-state index is 11.7. The van der Waals surface area contributed by atoms with E-state index in [2.05, 4.69) is 10.0 Å². The fourth-order valence-electron chi connectivity index (χ4n) is 1.89. The van der Waals surface area contributed by atoms with Crippen LogP contribution < -0.4 is 10.0 Å². The smallest absolute Gasteiger partial charge is 0.211 e. The van der Waals surface area contributed by atoms with Gasteiger partial charge >= 0.3 is 0 Å². The van der Waals surface area contributed by atoms with Gasteiger partial charge < -0.3 is 10.1 Å². The second kappa shape index (κ2) is 8.26. The van der Waals surface area contributed by atoms with E-state index in [-0.39, 0.29) is 30.2 Å². The van der Waals surface area contributed by atoms with Crippen LogP contribution in [0, 0.1) is 0 Å². The Hall–Kier alpha value is 0.120. The Morgan fingerprint density at radius 1 is 1.47 bits per heavy atom. The average Bonchev–Trinajstić information content (AvgIpc) is 2.21. The number of hydrogen-bond donors (Lipinski definition) is 2. The third kappa shape index (κ3) is 6.57. The van der Waals surface area contributed by atoms with E-state index in [0.29, 0.717) is 13.0 Å². The number of hydrogen-bond acceptors (Lipinski definition) is 4. The Kier molecular flexibility index (Phi) is 8.32. The SMILES string of the molecule is COCCCS(=O)(=O)NC1CCCNC1C.Cl. The molecule has 0 aromatic rings. The monoisotopic (exact) mass is 286 g/mol. The first-order valence-electron chi connectivity index (χ1n) is 5.77. The van der Waals surface area contributed by atoms with Crippen molar-refractivity contribution in [1.82, 2.24) is 10.0 Å². The van der Waals surface area contributed by atoms with Crippen molar-refractivity contribution >= 4 is 22.4 Å². The molecule has 104 valence electrons. The Bertz CT molecular complexity index is 298. The largest absolute Gasteiger partial charge is 0.385 e. The molecule has 2 atom stereocenters. The van der Waals surface area contributed by atoms with Gasteiger partial charge in [-0.05, 0) is 32.7 Å². The van der Waals surface area contributed by atoms with Crippen molar-refractivity contribution in [2.24, 2.45) is 0 Å². The van der Waals surface area contributed by atoms with E-state index in [4.69, 9.17) is 4.74 Å². The van der Waals surface area contributed by atoms with E-state index in [1.165, 1.54) is 0 Å². The molecular weight excluding hydrogens is 264 g/mol. The predicted octanol–water partition coefficient (Wildman–Crippen LogP) is 0.505. The Morgan fingerprint density at radius 3 is 2.76 bits per heavy atom. The van der Waals surface area contributed by atoms with Gasteiger partial charge in [-0.2, -0.15) is 0 Å². The van der Waals surface area contributed by atoms with Crippen LogP contribution in [0.25, 0.3) is 0 Å². The normalized spacial score (nSPS) is 25.3. The molecule has 1 saturated heterocycles. The van der Waals surface area contributed by atoms with Crippen molar-refractivity contribution in [2.75, 3.05) is 26.0 Å². The molecule has 0 saturated carbocycles. The molecule has 0 aromatic heterocycles. The Morgan fingerprint density at radius 2 is 2.18 bits per heavy atom. The number of sulfonamides is 1. The number of nitrogens with one attached hydrogen (secondary N) is 2. The van der Waals surface area contributed by atoms with Gasteiger partial charge in [-0.25, -0.2) is 13.1 Å². The first-order chi connectivity index (χ1) is 7.55. The molecule has 1 aliphatic rings. The van der Waals surface area contributed by atoms with Crippen LogP contribution in [0.5, 0.6) is 0 Å². The zero-order valence-corrected chi connectivity index (χ0v) is 12.1. The molecule has 1 rings (SSSR count). The standard InChI is InChI=1S/C10H22N2O3S.ClH/c1-9-10(5-3-6-11-9)12-16(13,14)8-4-7-15-2;/h9-12H,3-8H2,1-2H3;1H. The lowest BCUT2D eigenvalue weighted by molar-refractivity contribution is 0.199. The van der Waals surface area contributed by atoms with Gasteiger partial charge in [-0.1, -0.05) is 0 Å². The first-order valence-corrected chi connectivity index (χ1v) is 7.43. The summed E-state index contributed by atoms with van der Waals surface area (Å²) < 4.78 is 31.1. The molecule has 0 amide bonds. The van der Waals surface area contributed by atoms with Crippen molar-refractivity contribution in [3.05, 3.63) is 0 Å². The summed E-state index contributed by atoms with van der Waals surface area (Å²) in [5, 5.41) is 3.27. The summed E-state index contributed by atoms with van der Waals surface area (Å²) in [5.41, 5.74) is 0. The van der Waals surface area contributed by atoms with E-state index in [1.807, 2.05) is 6.92 Å². The molecule has 1 heterocycles. The van der Waals surface area contributed by atoms with Crippen LogP contribution in [-0.2, 0) is 14.8 Å². The van der Waals surface area contributed by atoms with E-state index in [9.17, 15) is 8.42 Å². The summed E-state index contributed by atoms with van der Waals surface area (Å²) in [6, 6.07) is 0.243. The molecule has 0 aliphatic carbocycles. The van der Waals surface area contributed by atoms with Crippen molar-refractivity contribution in [3.8, 4) is 0 Å². The molecular formula is C10H23ClN2O3S. The van der Waals surface area contributed by atoms with Gasteiger partial charge in [0.1, 0.15) is 0 Å². The van der Waals surface area contributed by atoms with Gasteiger partial charge in [-0.15, -0.1) is 12.4 Å². The van der Waals surface area contributed by atoms with E-state index < -0.39 is 10.0 Å². The highest BCUT2D eigenvalue weighted by Gasteiger charge is 2.24. The quantitative estimate of drug-likeness (QED) is 0.698. The molecule has 1 fully saturated rings. The van der Waals surface area contributed by atoms with Crippen molar-refractivity contribution < 1.29 is 13.2 Å². The lowest BCUT2D eigenvalue weighted by Crippen LogP contribution is -2.52. The minimum atomic E-state index is -3.16. The lowest BCUT2D eigenvalue weighted by atomic mass is 10.0. The Labute approximate surface area is 110 Å². The number of methoxy groups -OCH3 is 1. The third-order valence-electron chi connectivity index (χ3n) is 2.85. The number of piperidine rings is 1.